The molecule has 1 aliphatic heterocycles. The van der Waals surface area contributed by atoms with E-state index < -0.39 is 15.9 Å². The number of hydrogen-bond donors (Lipinski definition) is 1. The first-order valence-electron chi connectivity index (χ1n) is 7.15. The lowest BCUT2D eigenvalue weighted by molar-refractivity contribution is -0.133. The molecule has 0 saturated carbocycles. The summed E-state index contributed by atoms with van der Waals surface area (Å²) >= 11 is 0. The van der Waals surface area contributed by atoms with Crippen molar-refractivity contribution in [2.45, 2.75) is 32.1 Å². The fourth-order valence-electron chi connectivity index (χ4n) is 2.29. The second kappa shape index (κ2) is 7.11. The number of benzene rings is 1. The first-order chi connectivity index (χ1) is 10.4. The Bertz CT molecular complexity index is 629. The minimum atomic E-state index is -3.00. The van der Waals surface area contributed by atoms with Gasteiger partial charge in [0.1, 0.15) is 11.9 Å². The molecule has 6 nitrogen and oxygen atoms in total. The first kappa shape index (κ1) is 16.8. The van der Waals surface area contributed by atoms with E-state index in [0.717, 1.165) is 11.3 Å². The maximum absolute atomic E-state index is 12.0. The Morgan fingerprint density at radius 3 is 2.86 bits per heavy atom. The van der Waals surface area contributed by atoms with Gasteiger partial charge in [0.2, 0.25) is 5.91 Å². The van der Waals surface area contributed by atoms with Crippen molar-refractivity contribution in [1.82, 2.24) is 5.32 Å². The van der Waals surface area contributed by atoms with E-state index in [1.54, 1.807) is 14.0 Å². The molecule has 2 atom stereocenters. The standard InChI is InChI=1S/C15H21NO5S/c1-11(15(17)16-13-6-7-22(18,19)10-13)21-9-12-4-3-5-14(8-12)20-2/h3-5,8,11,13H,6-7,9-10H2,1-2H3,(H,16,17)/t11-,13-/m1/s1. The van der Waals surface area contributed by atoms with Crippen LogP contribution in [0, 0.1) is 0 Å². The molecule has 2 rings (SSSR count). The second-order valence-corrected chi connectivity index (χ2v) is 7.64. The van der Waals surface area contributed by atoms with E-state index >= 15 is 0 Å². The Balaban J connectivity index is 1.81. The fourth-order valence-corrected chi connectivity index (χ4v) is 3.96. The second-order valence-electron chi connectivity index (χ2n) is 5.41. The highest BCUT2D eigenvalue weighted by molar-refractivity contribution is 7.91. The van der Waals surface area contributed by atoms with Crippen LogP contribution in [0.1, 0.15) is 18.9 Å². The van der Waals surface area contributed by atoms with Gasteiger partial charge in [-0.15, -0.1) is 0 Å². The number of hydrogen-bond acceptors (Lipinski definition) is 5. The number of methoxy groups -OCH3 is 1. The zero-order valence-corrected chi connectivity index (χ0v) is 13.6. The van der Waals surface area contributed by atoms with Gasteiger partial charge in [0.25, 0.3) is 0 Å². The van der Waals surface area contributed by atoms with Crippen molar-refractivity contribution in [3.05, 3.63) is 29.8 Å². The summed E-state index contributed by atoms with van der Waals surface area (Å²) in [6.45, 7) is 1.94. The topological polar surface area (TPSA) is 81.7 Å². The summed E-state index contributed by atoms with van der Waals surface area (Å²) in [6, 6.07) is 7.11. The molecule has 0 aromatic heterocycles. The molecule has 122 valence electrons. The Labute approximate surface area is 130 Å². The molecular weight excluding hydrogens is 306 g/mol. The highest BCUT2D eigenvalue weighted by atomic mass is 32.2. The predicted octanol–water partition coefficient (Wildman–Crippen LogP) is 0.904. The van der Waals surface area contributed by atoms with Crippen LogP contribution in [0.25, 0.3) is 0 Å². The number of sulfone groups is 1. The van der Waals surface area contributed by atoms with E-state index in [9.17, 15) is 13.2 Å². The monoisotopic (exact) mass is 327 g/mol. The van der Waals surface area contributed by atoms with Crippen molar-refractivity contribution in [2.75, 3.05) is 18.6 Å². The molecule has 1 saturated heterocycles. The van der Waals surface area contributed by atoms with Crippen LogP contribution in [0.2, 0.25) is 0 Å². The maximum Gasteiger partial charge on any atom is 0.249 e. The van der Waals surface area contributed by atoms with E-state index in [2.05, 4.69) is 5.32 Å². The van der Waals surface area contributed by atoms with Crippen LogP contribution in [0.15, 0.2) is 24.3 Å². The number of nitrogens with one attached hydrogen (secondary N) is 1. The molecule has 22 heavy (non-hydrogen) atoms. The minimum Gasteiger partial charge on any atom is -0.497 e. The smallest absolute Gasteiger partial charge is 0.249 e. The molecule has 1 fully saturated rings. The van der Waals surface area contributed by atoms with Crippen molar-refractivity contribution in [1.29, 1.82) is 0 Å². The molecule has 0 unspecified atom stereocenters. The van der Waals surface area contributed by atoms with Crippen LogP contribution >= 0.6 is 0 Å². The van der Waals surface area contributed by atoms with Crippen molar-refractivity contribution in [3.63, 3.8) is 0 Å². The van der Waals surface area contributed by atoms with Crippen LogP contribution in [-0.2, 0) is 26.0 Å². The summed E-state index contributed by atoms with van der Waals surface area (Å²) in [5.41, 5.74) is 0.905. The SMILES string of the molecule is COc1cccc(CO[C@H](C)C(=O)N[C@@H]2CCS(=O)(=O)C2)c1. The summed E-state index contributed by atoms with van der Waals surface area (Å²) in [6.07, 6.45) is -0.175. The third kappa shape index (κ3) is 4.71. The molecule has 7 heteroatoms. The van der Waals surface area contributed by atoms with E-state index in [-0.39, 0.29) is 30.1 Å². The number of carbonyl (C=O) groups excluding carboxylic acids is 1. The van der Waals surface area contributed by atoms with E-state index in [4.69, 9.17) is 9.47 Å². The summed E-state index contributed by atoms with van der Waals surface area (Å²) < 4.78 is 33.4. The van der Waals surface area contributed by atoms with Gasteiger partial charge >= 0.3 is 0 Å². The Kier molecular flexibility index (Phi) is 5.42. The Morgan fingerprint density at radius 1 is 1.45 bits per heavy atom. The van der Waals surface area contributed by atoms with Crippen LogP contribution in [0.5, 0.6) is 5.75 Å². The average molecular weight is 327 g/mol. The van der Waals surface area contributed by atoms with Crippen molar-refractivity contribution < 1.29 is 22.7 Å². The molecule has 0 spiro atoms. The van der Waals surface area contributed by atoms with Gasteiger partial charge < -0.3 is 14.8 Å². The van der Waals surface area contributed by atoms with Crippen molar-refractivity contribution in [2.24, 2.45) is 0 Å². The van der Waals surface area contributed by atoms with E-state index in [0.29, 0.717) is 6.42 Å². The van der Waals surface area contributed by atoms with Gasteiger partial charge in [-0.2, -0.15) is 0 Å². The Hall–Kier alpha value is -1.60. The van der Waals surface area contributed by atoms with Gasteiger partial charge in [0, 0.05) is 6.04 Å². The summed E-state index contributed by atoms with van der Waals surface area (Å²) in [7, 11) is -1.41. The molecule has 0 aliphatic carbocycles. The van der Waals surface area contributed by atoms with Crippen LogP contribution < -0.4 is 10.1 Å². The molecule has 1 aliphatic rings. The van der Waals surface area contributed by atoms with Gasteiger partial charge in [-0.1, -0.05) is 12.1 Å². The third-order valence-electron chi connectivity index (χ3n) is 3.58. The first-order valence-corrected chi connectivity index (χ1v) is 8.97. The molecule has 0 bridgehead atoms. The van der Waals surface area contributed by atoms with Crippen LogP contribution in [0.3, 0.4) is 0 Å². The largest absolute Gasteiger partial charge is 0.497 e. The lowest BCUT2D eigenvalue weighted by Gasteiger charge is -2.16. The Morgan fingerprint density at radius 2 is 2.23 bits per heavy atom. The van der Waals surface area contributed by atoms with Crippen molar-refractivity contribution in [3.8, 4) is 5.75 Å². The molecule has 1 aromatic rings. The number of amides is 1. The van der Waals surface area contributed by atoms with Crippen LogP contribution in [0.4, 0.5) is 0 Å². The van der Waals surface area contributed by atoms with Gasteiger partial charge in [-0.3, -0.25) is 4.79 Å². The third-order valence-corrected chi connectivity index (χ3v) is 5.35. The summed E-state index contributed by atoms with van der Waals surface area (Å²) in [4.78, 5) is 12.0. The normalized spacial score (nSPS) is 21.3. The zero-order chi connectivity index (χ0) is 16.2. The summed E-state index contributed by atoms with van der Waals surface area (Å²) in [5, 5.41) is 2.73. The lowest BCUT2D eigenvalue weighted by atomic mass is 10.2. The zero-order valence-electron chi connectivity index (χ0n) is 12.7. The number of rotatable bonds is 6. The van der Waals surface area contributed by atoms with Gasteiger partial charge in [-0.25, -0.2) is 8.42 Å². The molecule has 1 amide bonds. The maximum atomic E-state index is 12.0. The average Bonchev–Trinajstić information content (AvgIpc) is 2.83. The fraction of sp³-hybridized carbons (Fsp3) is 0.533. The molecular formula is C15H21NO5S. The molecule has 1 aromatic carbocycles. The highest BCUT2D eigenvalue weighted by Gasteiger charge is 2.30. The number of ether oxygens (including phenoxy) is 2. The molecule has 0 radical (unpaired) electrons. The van der Waals surface area contributed by atoms with Crippen molar-refractivity contribution >= 4 is 15.7 Å². The molecule has 1 N–H and O–H groups in total. The van der Waals surface area contributed by atoms with Gasteiger partial charge in [0.05, 0.1) is 25.2 Å². The van der Waals surface area contributed by atoms with E-state index in [1.165, 1.54) is 0 Å². The highest BCUT2D eigenvalue weighted by Crippen LogP contribution is 2.14. The van der Waals surface area contributed by atoms with E-state index in [1.807, 2.05) is 24.3 Å². The minimum absolute atomic E-state index is 0.0152. The summed E-state index contributed by atoms with van der Waals surface area (Å²) in [5.74, 6) is 0.595. The van der Waals surface area contributed by atoms with Gasteiger partial charge in [0.15, 0.2) is 9.84 Å². The predicted molar refractivity (Wildman–Crippen MR) is 82.4 cm³/mol. The quantitative estimate of drug-likeness (QED) is 0.840. The lowest BCUT2D eigenvalue weighted by Crippen LogP contribution is -2.41. The molecule has 1 heterocycles. The number of carbonyl (C=O) groups is 1. The van der Waals surface area contributed by atoms with Gasteiger partial charge in [-0.05, 0) is 31.0 Å². The van der Waals surface area contributed by atoms with Crippen LogP contribution in [-0.4, -0.2) is 45.1 Å².